The Morgan fingerprint density at radius 1 is 0.292 bits per heavy atom. The molecule has 0 unspecified atom stereocenters. The first-order chi connectivity index (χ1) is 32.2. The predicted octanol–water partition coefficient (Wildman–Crippen LogP) is 17.5. The van der Waals surface area contributed by atoms with Gasteiger partial charge in [0.1, 0.15) is 0 Å². The van der Waals surface area contributed by atoms with E-state index in [1.165, 1.54) is 70.9 Å². The van der Waals surface area contributed by atoms with Gasteiger partial charge < -0.3 is 4.90 Å². The van der Waals surface area contributed by atoms with Crippen LogP contribution in [0.5, 0.6) is 0 Å². The van der Waals surface area contributed by atoms with Gasteiger partial charge in [0.25, 0.3) is 0 Å². The topological polar surface area (TPSA) is 27.0 Å². The molecule has 0 saturated carbocycles. The van der Waals surface area contributed by atoms with E-state index in [1.54, 1.807) is 0 Å². The third-order valence-electron chi connectivity index (χ3n) is 13.1. The van der Waals surface area contributed by atoms with Crippen LogP contribution in [0.25, 0.3) is 98.4 Å². The van der Waals surface area contributed by atoms with Gasteiger partial charge in [0, 0.05) is 16.8 Å². The lowest BCUT2D eigenvalue weighted by molar-refractivity contribution is 1.29. The Kier molecular flexibility index (Phi) is 9.25. The zero-order valence-corrected chi connectivity index (χ0v) is 35.5. The van der Waals surface area contributed by atoms with Crippen molar-refractivity contribution in [2.45, 2.75) is 0 Å². The smallest absolute Gasteiger partial charge is 0.0991 e. The van der Waals surface area contributed by atoms with Crippen LogP contribution in [-0.4, -0.2) is 0 Å². The third kappa shape index (κ3) is 6.49. The summed E-state index contributed by atoms with van der Waals surface area (Å²) in [4.78, 5) is 2.31. The van der Waals surface area contributed by atoms with Crippen LogP contribution in [0.4, 0.5) is 17.1 Å². The number of anilines is 3. The summed E-state index contributed by atoms with van der Waals surface area (Å²) in [5, 5.41) is 21.8. The fourth-order valence-electron chi connectivity index (χ4n) is 10.1. The van der Waals surface area contributed by atoms with Crippen molar-refractivity contribution in [3.05, 3.63) is 248 Å². The molecular formula is C63H40N2. The molecule has 0 aromatic heterocycles. The first kappa shape index (κ1) is 37.9. The molecule has 0 aliphatic carbocycles. The second kappa shape index (κ2) is 15.9. The van der Waals surface area contributed by atoms with Crippen LogP contribution >= 0.6 is 0 Å². The predicted molar refractivity (Wildman–Crippen MR) is 275 cm³/mol. The molecule has 0 spiro atoms. The number of hydrogen-bond acceptors (Lipinski definition) is 2. The molecule has 0 aliphatic rings. The van der Waals surface area contributed by atoms with Gasteiger partial charge >= 0.3 is 0 Å². The maximum absolute atomic E-state index is 9.72. The zero-order chi connectivity index (χ0) is 43.3. The molecular weight excluding hydrogens is 785 g/mol. The molecule has 12 aromatic rings. The van der Waals surface area contributed by atoms with Crippen molar-refractivity contribution in [1.82, 2.24) is 0 Å². The molecule has 65 heavy (non-hydrogen) atoms. The highest BCUT2D eigenvalue weighted by Crippen LogP contribution is 2.49. The van der Waals surface area contributed by atoms with E-state index in [-0.39, 0.29) is 0 Å². The molecule has 0 aliphatic heterocycles. The van der Waals surface area contributed by atoms with Crippen LogP contribution in [-0.2, 0) is 0 Å². The Morgan fingerprint density at radius 2 is 0.754 bits per heavy atom. The van der Waals surface area contributed by atoms with E-state index in [1.807, 2.05) is 30.3 Å². The second-order valence-corrected chi connectivity index (χ2v) is 16.7. The van der Waals surface area contributed by atoms with E-state index in [0.29, 0.717) is 5.56 Å². The molecule has 0 N–H and O–H groups in total. The van der Waals surface area contributed by atoms with Crippen molar-refractivity contribution in [1.29, 1.82) is 5.26 Å². The number of fused-ring (bicyclic) bond motifs is 5. The van der Waals surface area contributed by atoms with E-state index >= 15 is 0 Å². The van der Waals surface area contributed by atoms with Gasteiger partial charge in [-0.25, -0.2) is 0 Å². The second-order valence-electron chi connectivity index (χ2n) is 16.7. The summed E-state index contributed by atoms with van der Waals surface area (Å²) in [6.07, 6.45) is 0. The average molecular weight is 825 g/mol. The summed E-state index contributed by atoms with van der Waals surface area (Å²) < 4.78 is 0. The van der Waals surface area contributed by atoms with Crippen molar-refractivity contribution in [2.24, 2.45) is 0 Å². The molecule has 2 nitrogen and oxygen atoms in total. The molecule has 0 amide bonds. The first-order valence-electron chi connectivity index (χ1n) is 22.1. The van der Waals surface area contributed by atoms with Crippen molar-refractivity contribution in [3.8, 4) is 50.6 Å². The van der Waals surface area contributed by atoms with Crippen LogP contribution in [0.15, 0.2) is 243 Å². The molecule has 12 rings (SSSR count). The summed E-state index contributed by atoms with van der Waals surface area (Å²) >= 11 is 0. The van der Waals surface area contributed by atoms with Gasteiger partial charge in [-0.2, -0.15) is 5.26 Å². The summed E-state index contributed by atoms with van der Waals surface area (Å²) in [7, 11) is 0. The summed E-state index contributed by atoms with van der Waals surface area (Å²) in [5.41, 5.74) is 13.3. The van der Waals surface area contributed by atoms with E-state index < -0.39 is 0 Å². The normalized spacial score (nSPS) is 11.4. The van der Waals surface area contributed by atoms with Crippen LogP contribution < -0.4 is 4.90 Å². The molecule has 0 fully saturated rings. The zero-order valence-electron chi connectivity index (χ0n) is 35.5. The molecule has 302 valence electrons. The molecule has 0 atom stereocenters. The molecule has 0 bridgehead atoms. The minimum atomic E-state index is 0.629. The molecule has 2 heteroatoms. The minimum absolute atomic E-state index is 0.629. The number of rotatable bonds is 7. The van der Waals surface area contributed by atoms with Gasteiger partial charge in [-0.3, -0.25) is 0 Å². The van der Waals surface area contributed by atoms with Crippen molar-refractivity contribution in [3.63, 3.8) is 0 Å². The Balaban J connectivity index is 1.10. The summed E-state index contributed by atoms with van der Waals surface area (Å²) in [6, 6.07) is 89.7. The number of benzene rings is 12. The molecule has 12 aromatic carbocycles. The fourth-order valence-corrected chi connectivity index (χ4v) is 10.1. The highest BCUT2D eigenvalue weighted by Gasteiger charge is 2.22. The van der Waals surface area contributed by atoms with E-state index in [0.717, 1.165) is 44.5 Å². The van der Waals surface area contributed by atoms with Crippen molar-refractivity contribution < 1.29 is 0 Å². The minimum Gasteiger partial charge on any atom is -0.310 e. The number of hydrogen-bond donors (Lipinski definition) is 0. The quantitative estimate of drug-likeness (QED) is 0.150. The summed E-state index contributed by atoms with van der Waals surface area (Å²) in [5.74, 6) is 0. The first-order valence-corrected chi connectivity index (χ1v) is 22.1. The van der Waals surface area contributed by atoms with Crippen LogP contribution in [0.1, 0.15) is 5.56 Å². The van der Waals surface area contributed by atoms with Gasteiger partial charge in [0.15, 0.2) is 0 Å². The maximum Gasteiger partial charge on any atom is 0.0991 e. The summed E-state index contributed by atoms with van der Waals surface area (Å²) in [6.45, 7) is 0. The Bertz CT molecular complexity index is 3810. The van der Waals surface area contributed by atoms with Crippen LogP contribution in [0.3, 0.4) is 0 Å². The Hall–Kier alpha value is -8.77. The highest BCUT2D eigenvalue weighted by molar-refractivity contribution is 6.26. The Morgan fingerprint density at radius 3 is 1.37 bits per heavy atom. The van der Waals surface area contributed by atoms with Gasteiger partial charge in [-0.1, -0.05) is 194 Å². The largest absolute Gasteiger partial charge is 0.310 e. The highest BCUT2D eigenvalue weighted by atomic mass is 15.1. The SMILES string of the molecule is N#Cc1ccc(N(c2ccc(-c3ccccc3)cc2)c2ccc(-c3ccc4c(-c5cccc6ccccc56)c5ccccc5c(-c5cccc6ccccc56)c4c3)c3ccccc23)cc1. The van der Waals surface area contributed by atoms with Gasteiger partial charge in [0.05, 0.1) is 17.3 Å². The monoisotopic (exact) mass is 824 g/mol. The standard InChI is InChI=1S/C63H40N2/c64-41-42-28-33-48(34-29-42)65(49-35-30-44(31-36-49)43-14-2-1-3-15-43)61-39-38-52(53-22-8-9-23-54(53)61)47-32-37-59-60(40-47)63(56-27-13-19-46-17-5-7-21-51(46)56)58-25-11-10-24-57(58)62(59)55-26-12-18-45-16-4-6-20-50(45)55/h1-40H. The Labute approximate surface area is 378 Å². The van der Waals surface area contributed by atoms with Crippen molar-refractivity contribution >= 4 is 70.9 Å². The average Bonchev–Trinajstić information content (AvgIpc) is 3.38. The van der Waals surface area contributed by atoms with Crippen LogP contribution in [0, 0.1) is 11.3 Å². The molecule has 0 saturated heterocycles. The fraction of sp³-hybridized carbons (Fsp3) is 0. The van der Waals surface area contributed by atoms with Gasteiger partial charge in [0.2, 0.25) is 0 Å². The lowest BCUT2D eigenvalue weighted by Gasteiger charge is -2.28. The van der Waals surface area contributed by atoms with Crippen LogP contribution in [0.2, 0.25) is 0 Å². The third-order valence-corrected chi connectivity index (χ3v) is 13.1. The van der Waals surface area contributed by atoms with Gasteiger partial charge in [-0.05, 0) is 142 Å². The van der Waals surface area contributed by atoms with E-state index in [9.17, 15) is 5.26 Å². The lowest BCUT2D eigenvalue weighted by atomic mass is 9.82. The number of nitrogens with zero attached hydrogens (tertiary/aromatic N) is 2. The number of nitriles is 1. The molecule has 0 heterocycles. The van der Waals surface area contributed by atoms with Crippen molar-refractivity contribution in [2.75, 3.05) is 4.90 Å². The van der Waals surface area contributed by atoms with E-state index in [4.69, 9.17) is 0 Å². The van der Waals surface area contributed by atoms with Gasteiger partial charge in [-0.15, -0.1) is 0 Å². The van der Waals surface area contributed by atoms with E-state index in [2.05, 4.69) is 223 Å². The maximum atomic E-state index is 9.72. The lowest BCUT2D eigenvalue weighted by Crippen LogP contribution is -2.10. The molecule has 0 radical (unpaired) electrons.